The molecule has 0 spiro atoms. The molecule has 0 aliphatic rings. The molecule has 0 saturated carbocycles. The fourth-order valence-corrected chi connectivity index (χ4v) is 1.42. The van der Waals surface area contributed by atoms with Gasteiger partial charge in [-0.05, 0) is 30.7 Å². The molecule has 2 aromatic rings. The summed E-state index contributed by atoms with van der Waals surface area (Å²) in [6, 6.07) is 4.75. The summed E-state index contributed by atoms with van der Waals surface area (Å²) in [5.74, 6) is -0.0156. The number of carbonyl (C=O) groups is 1. The van der Waals surface area contributed by atoms with E-state index < -0.39 is 5.91 Å². The van der Waals surface area contributed by atoms with Crippen LogP contribution in [0.1, 0.15) is 23.1 Å². The first-order valence-corrected chi connectivity index (χ1v) is 5.85. The molecule has 1 amide bonds. The summed E-state index contributed by atoms with van der Waals surface area (Å²) in [7, 11) is 0. The van der Waals surface area contributed by atoms with Crippen LogP contribution in [-0.2, 0) is 0 Å². The van der Waals surface area contributed by atoms with Crippen LogP contribution in [0, 0.1) is 0 Å². The zero-order chi connectivity index (χ0) is 14.4. The Hall–Kier alpha value is -2.90. The maximum atomic E-state index is 11.5. The largest absolute Gasteiger partial charge is 0.504 e. The zero-order valence-electron chi connectivity index (χ0n) is 10.7. The molecule has 8 heteroatoms. The first-order chi connectivity index (χ1) is 9.70. The van der Waals surface area contributed by atoms with Gasteiger partial charge in [-0.1, -0.05) is 0 Å². The van der Waals surface area contributed by atoms with Crippen molar-refractivity contribution in [2.45, 2.75) is 6.92 Å². The van der Waals surface area contributed by atoms with Gasteiger partial charge in [0.1, 0.15) is 6.33 Å². The van der Waals surface area contributed by atoms with Gasteiger partial charge in [-0.3, -0.25) is 9.89 Å². The van der Waals surface area contributed by atoms with Gasteiger partial charge in [-0.2, -0.15) is 10.2 Å². The summed E-state index contributed by atoms with van der Waals surface area (Å²) in [4.78, 5) is 15.2. The van der Waals surface area contributed by atoms with E-state index in [0.717, 1.165) is 0 Å². The van der Waals surface area contributed by atoms with Crippen molar-refractivity contribution in [1.82, 2.24) is 20.6 Å². The molecular formula is C12H13N5O3. The number of amides is 1. The van der Waals surface area contributed by atoms with E-state index >= 15 is 0 Å². The average Bonchev–Trinajstić information content (AvgIpc) is 2.96. The quantitative estimate of drug-likeness (QED) is 0.548. The van der Waals surface area contributed by atoms with Crippen LogP contribution in [0.15, 0.2) is 29.6 Å². The predicted molar refractivity (Wildman–Crippen MR) is 70.7 cm³/mol. The predicted octanol–water partition coefficient (Wildman–Crippen LogP) is 0.673. The minimum absolute atomic E-state index is 0.0506. The van der Waals surface area contributed by atoms with E-state index in [2.05, 4.69) is 25.7 Å². The minimum atomic E-state index is -0.498. The number of hydrogen-bond acceptors (Lipinski definition) is 6. The molecule has 0 saturated heterocycles. The van der Waals surface area contributed by atoms with Crippen molar-refractivity contribution >= 4 is 12.1 Å². The van der Waals surface area contributed by atoms with Crippen LogP contribution in [0.25, 0.3) is 0 Å². The van der Waals surface area contributed by atoms with Gasteiger partial charge in [0.2, 0.25) is 5.82 Å². The zero-order valence-corrected chi connectivity index (χ0v) is 10.7. The SMILES string of the molecule is CCOc1cc(C=NNC(=O)c2ncn[nH]2)ccc1O. The van der Waals surface area contributed by atoms with Crippen LogP contribution < -0.4 is 10.2 Å². The van der Waals surface area contributed by atoms with Gasteiger partial charge in [0.15, 0.2) is 11.5 Å². The highest BCUT2D eigenvalue weighted by Gasteiger charge is 2.06. The topological polar surface area (TPSA) is 112 Å². The molecule has 104 valence electrons. The summed E-state index contributed by atoms with van der Waals surface area (Å²) < 4.78 is 5.24. The summed E-state index contributed by atoms with van der Waals surface area (Å²) in [6.45, 7) is 2.26. The van der Waals surface area contributed by atoms with Crippen LogP contribution in [0.2, 0.25) is 0 Å². The van der Waals surface area contributed by atoms with Crippen molar-refractivity contribution in [2.75, 3.05) is 6.61 Å². The lowest BCUT2D eigenvalue weighted by atomic mass is 10.2. The molecule has 0 unspecified atom stereocenters. The Morgan fingerprint density at radius 3 is 3.15 bits per heavy atom. The van der Waals surface area contributed by atoms with Gasteiger partial charge in [0, 0.05) is 0 Å². The van der Waals surface area contributed by atoms with Crippen LogP contribution in [0.3, 0.4) is 0 Å². The van der Waals surface area contributed by atoms with Crippen molar-refractivity contribution in [3.05, 3.63) is 35.9 Å². The van der Waals surface area contributed by atoms with Gasteiger partial charge in [-0.15, -0.1) is 0 Å². The Labute approximate surface area is 114 Å². The Morgan fingerprint density at radius 1 is 1.60 bits per heavy atom. The molecule has 1 aromatic carbocycles. The third kappa shape index (κ3) is 3.31. The molecule has 0 bridgehead atoms. The second-order valence-electron chi connectivity index (χ2n) is 3.69. The summed E-state index contributed by atoms with van der Waals surface area (Å²) in [5.41, 5.74) is 2.96. The van der Waals surface area contributed by atoms with Gasteiger partial charge < -0.3 is 9.84 Å². The van der Waals surface area contributed by atoms with Crippen molar-refractivity contribution in [1.29, 1.82) is 0 Å². The molecule has 0 aliphatic carbocycles. The number of phenols is 1. The van der Waals surface area contributed by atoms with E-state index in [9.17, 15) is 9.90 Å². The first kappa shape index (κ1) is 13.5. The molecule has 8 nitrogen and oxygen atoms in total. The lowest BCUT2D eigenvalue weighted by molar-refractivity contribution is 0.0945. The van der Waals surface area contributed by atoms with E-state index in [-0.39, 0.29) is 11.6 Å². The highest BCUT2D eigenvalue weighted by Crippen LogP contribution is 2.26. The lowest BCUT2D eigenvalue weighted by Crippen LogP contribution is -2.19. The fourth-order valence-electron chi connectivity index (χ4n) is 1.42. The Morgan fingerprint density at radius 2 is 2.45 bits per heavy atom. The van der Waals surface area contributed by atoms with Gasteiger partial charge in [0.25, 0.3) is 0 Å². The molecule has 0 aliphatic heterocycles. The number of nitrogens with one attached hydrogen (secondary N) is 2. The lowest BCUT2D eigenvalue weighted by Gasteiger charge is -2.05. The molecule has 0 fully saturated rings. The van der Waals surface area contributed by atoms with Crippen molar-refractivity contribution in [3.8, 4) is 11.5 Å². The third-order valence-corrected chi connectivity index (χ3v) is 2.29. The van der Waals surface area contributed by atoms with E-state index in [4.69, 9.17) is 4.74 Å². The second-order valence-corrected chi connectivity index (χ2v) is 3.69. The number of hydrazone groups is 1. The third-order valence-electron chi connectivity index (χ3n) is 2.29. The van der Waals surface area contributed by atoms with Crippen molar-refractivity contribution in [3.63, 3.8) is 0 Å². The normalized spacial score (nSPS) is 10.7. The van der Waals surface area contributed by atoms with E-state index in [0.29, 0.717) is 17.9 Å². The number of rotatable bonds is 5. The standard InChI is InChI=1S/C12H13N5O3/c1-2-20-10-5-8(3-4-9(10)18)6-14-17-12(19)11-13-7-15-16-11/h3-7,18H,2H2,1H3,(H,17,19)(H,13,15,16). The monoisotopic (exact) mass is 275 g/mol. The maximum absolute atomic E-state index is 11.5. The molecule has 1 aromatic heterocycles. The molecule has 1 heterocycles. The highest BCUT2D eigenvalue weighted by atomic mass is 16.5. The molecule has 0 atom stereocenters. The highest BCUT2D eigenvalue weighted by molar-refractivity contribution is 5.91. The number of phenolic OH excluding ortho intramolecular Hbond substituents is 1. The number of carbonyl (C=O) groups excluding carboxylic acids is 1. The van der Waals surface area contributed by atoms with Crippen LogP contribution in [-0.4, -0.2) is 39.0 Å². The number of ether oxygens (including phenoxy) is 1. The summed E-state index contributed by atoms with van der Waals surface area (Å²) >= 11 is 0. The van der Waals surface area contributed by atoms with Crippen LogP contribution >= 0.6 is 0 Å². The maximum Gasteiger partial charge on any atom is 0.308 e. The smallest absolute Gasteiger partial charge is 0.308 e. The average molecular weight is 275 g/mol. The number of aromatic hydroxyl groups is 1. The van der Waals surface area contributed by atoms with E-state index in [1.807, 2.05) is 6.92 Å². The Bertz CT molecular complexity index is 610. The Balaban J connectivity index is 2.01. The number of aromatic nitrogens is 3. The molecular weight excluding hydrogens is 262 g/mol. The fraction of sp³-hybridized carbons (Fsp3) is 0.167. The number of aromatic amines is 1. The van der Waals surface area contributed by atoms with Crippen molar-refractivity contribution in [2.24, 2.45) is 5.10 Å². The Kier molecular flexibility index (Phi) is 4.28. The van der Waals surface area contributed by atoms with Crippen LogP contribution in [0.4, 0.5) is 0 Å². The summed E-state index contributed by atoms with van der Waals surface area (Å²) in [5, 5.41) is 19.3. The number of benzene rings is 1. The number of H-pyrrole nitrogens is 1. The molecule has 0 radical (unpaired) electrons. The number of hydrogen-bond donors (Lipinski definition) is 3. The minimum Gasteiger partial charge on any atom is -0.504 e. The van der Waals surface area contributed by atoms with Gasteiger partial charge in [0.05, 0.1) is 12.8 Å². The molecule has 2 rings (SSSR count). The number of nitrogens with zero attached hydrogens (tertiary/aromatic N) is 3. The van der Waals surface area contributed by atoms with Crippen molar-refractivity contribution < 1.29 is 14.6 Å². The second kappa shape index (κ2) is 6.32. The van der Waals surface area contributed by atoms with Gasteiger partial charge >= 0.3 is 5.91 Å². The molecule has 20 heavy (non-hydrogen) atoms. The van der Waals surface area contributed by atoms with E-state index in [1.165, 1.54) is 18.6 Å². The first-order valence-electron chi connectivity index (χ1n) is 5.85. The summed E-state index contributed by atoms with van der Waals surface area (Å²) in [6.07, 6.45) is 2.66. The van der Waals surface area contributed by atoms with Gasteiger partial charge in [-0.25, -0.2) is 10.4 Å². The van der Waals surface area contributed by atoms with Crippen LogP contribution in [0.5, 0.6) is 11.5 Å². The molecule has 3 N–H and O–H groups in total. The van der Waals surface area contributed by atoms with E-state index in [1.54, 1.807) is 12.1 Å².